The Kier molecular flexibility index (Phi) is 1.98. The van der Waals surface area contributed by atoms with Crippen molar-refractivity contribution in [1.82, 2.24) is 9.66 Å². The van der Waals surface area contributed by atoms with Crippen molar-refractivity contribution in [2.45, 2.75) is 0 Å². The molecule has 0 aliphatic carbocycles. The van der Waals surface area contributed by atoms with Crippen molar-refractivity contribution in [2.24, 2.45) is 0 Å². The molecule has 0 fully saturated rings. The maximum atomic E-state index is 11.1. The molecule has 0 aliphatic rings. The molecule has 0 aliphatic heterocycles. The first kappa shape index (κ1) is 8.43. The third kappa shape index (κ3) is 1.47. The van der Waals surface area contributed by atoms with Crippen LogP contribution in [0.4, 0.5) is 5.69 Å². The van der Waals surface area contributed by atoms with E-state index >= 15 is 0 Å². The SMILES string of the molecule is O=c1[nH]cc(O)n1Nc1ccccc1. The van der Waals surface area contributed by atoms with Gasteiger partial charge in [0.2, 0.25) is 5.88 Å². The quantitative estimate of drug-likeness (QED) is 0.656. The summed E-state index contributed by atoms with van der Waals surface area (Å²) >= 11 is 0. The molecule has 0 atom stereocenters. The number of H-pyrrole nitrogens is 1. The number of aromatic hydroxyl groups is 1. The first-order chi connectivity index (χ1) is 6.77. The lowest BCUT2D eigenvalue weighted by atomic mass is 10.3. The van der Waals surface area contributed by atoms with Crippen molar-refractivity contribution in [3.63, 3.8) is 0 Å². The topological polar surface area (TPSA) is 70.0 Å². The molecular weight excluding hydrogens is 182 g/mol. The molecular formula is C9H9N3O2. The van der Waals surface area contributed by atoms with Gasteiger partial charge in [-0.1, -0.05) is 18.2 Å². The highest BCUT2D eigenvalue weighted by molar-refractivity contribution is 5.42. The van der Waals surface area contributed by atoms with Crippen molar-refractivity contribution in [3.05, 3.63) is 47.0 Å². The van der Waals surface area contributed by atoms with Crippen LogP contribution in [0.5, 0.6) is 5.88 Å². The lowest BCUT2D eigenvalue weighted by molar-refractivity contribution is 0.434. The minimum atomic E-state index is -0.411. The zero-order valence-electron chi connectivity index (χ0n) is 7.27. The number of hydrogen-bond donors (Lipinski definition) is 3. The molecule has 2 rings (SSSR count). The van der Waals surface area contributed by atoms with E-state index < -0.39 is 5.69 Å². The zero-order valence-corrected chi connectivity index (χ0v) is 7.27. The zero-order chi connectivity index (χ0) is 9.97. The molecule has 3 N–H and O–H groups in total. The molecule has 1 aromatic heterocycles. The summed E-state index contributed by atoms with van der Waals surface area (Å²) in [6.07, 6.45) is 1.22. The van der Waals surface area contributed by atoms with Crippen LogP contribution in [-0.2, 0) is 0 Å². The largest absolute Gasteiger partial charge is 0.492 e. The molecule has 1 aromatic carbocycles. The minimum absolute atomic E-state index is 0.154. The number of nitrogens with one attached hydrogen (secondary N) is 2. The van der Waals surface area contributed by atoms with Gasteiger partial charge in [-0.25, -0.2) is 4.79 Å². The van der Waals surface area contributed by atoms with Gasteiger partial charge in [0.05, 0.1) is 11.9 Å². The van der Waals surface area contributed by atoms with Crippen LogP contribution >= 0.6 is 0 Å². The van der Waals surface area contributed by atoms with Gasteiger partial charge in [0.1, 0.15) is 0 Å². The normalized spacial score (nSPS) is 10.0. The molecule has 0 bridgehead atoms. The fourth-order valence-electron chi connectivity index (χ4n) is 1.11. The van der Waals surface area contributed by atoms with Gasteiger partial charge >= 0.3 is 5.69 Å². The number of hydrogen-bond acceptors (Lipinski definition) is 3. The van der Waals surface area contributed by atoms with Crippen LogP contribution in [0, 0.1) is 0 Å². The van der Waals surface area contributed by atoms with E-state index in [1.54, 1.807) is 12.1 Å². The Bertz CT molecular complexity index is 472. The predicted molar refractivity (Wildman–Crippen MR) is 52.2 cm³/mol. The average molecular weight is 191 g/mol. The third-order valence-corrected chi connectivity index (χ3v) is 1.77. The summed E-state index contributed by atoms with van der Waals surface area (Å²) in [4.78, 5) is 13.5. The van der Waals surface area contributed by atoms with Gasteiger partial charge in [-0.2, -0.15) is 4.68 Å². The van der Waals surface area contributed by atoms with E-state index in [1.807, 2.05) is 18.2 Å². The first-order valence-corrected chi connectivity index (χ1v) is 4.09. The van der Waals surface area contributed by atoms with E-state index in [2.05, 4.69) is 10.4 Å². The van der Waals surface area contributed by atoms with Gasteiger partial charge in [-0.15, -0.1) is 0 Å². The van der Waals surface area contributed by atoms with Gasteiger partial charge in [0.15, 0.2) is 0 Å². The van der Waals surface area contributed by atoms with E-state index in [1.165, 1.54) is 6.20 Å². The van der Waals surface area contributed by atoms with Crippen LogP contribution in [0.15, 0.2) is 41.3 Å². The fraction of sp³-hybridized carbons (Fsp3) is 0. The molecule has 14 heavy (non-hydrogen) atoms. The molecule has 0 amide bonds. The number of nitrogens with zero attached hydrogens (tertiary/aromatic N) is 1. The summed E-state index contributed by atoms with van der Waals surface area (Å²) in [6.45, 7) is 0. The molecule has 0 saturated carbocycles. The van der Waals surface area contributed by atoms with Crippen molar-refractivity contribution in [3.8, 4) is 5.88 Å². The number of rotatable bonds is 2. The van der Waals surface area contributed by atoms with Crippen molar-refractivity contribution in [1.29, 1.82) is 0 Å². The Labute approximate surface area is 79.6 Å². The second kappa shape index (κ2) is 3.29. The van der Waals surface area contributed by atoms with E-state index in [0.717, 1.165) is 10.4 Å². The van der Waals surface area contributed by atoms with E-state index in [0.29, 0.717) is 0 Å². The summed E-state index contributed by atoms with van der Waals surface area (Å²) < 4.78 is 1.02. The summed E-state index contributed by atoms with van der Waals surface area (Å²) in [5.41, 5.74) is 3.06. The Balaban J connectivity index is 2.32. The Morgan fingerprint density at radius 2 is 2.00 bits per heavy atom. The number of imidazole rings is 1. The summed E-state index contributed by atoms with van der Waals surface area (Å²) in [5, 5.41) is 9.26. The molecule has 72 valence electrons. The summed E-state index contributed by atoms with van der Waals surface area (Å²) in [5.74, 6) is -0.154. The lowest BCUT2D eigenvalue weighted by Crippen LogP contribution is -2.23. The van der Waals surface area contributed by atoms with E-state index in [9.17, 15) is 9.90 Å². The second-order valence-corrected chi connectivity index (χ2v) is 2.77. The smallest absolute Gasteiger partial charge is 0.347 e. The van der Waals surface area contributed by atoms with E-state index in [4.69, 9.17) is 0 Å². The van der Waals surface area contributed by atoms with Crippen LogP contribution < -0.4 is 11.1 Å². The van der Waals surface area contributed by atoms with E-state index in [-0.39, 0.29) is 5.88 Å². The fourth-order valence-corrected chi connectivity index (χ4v) is 1.11. The lowest BCUT2D eigenvalue weighted by Gasteiger charge is -2.05. The number of para-hydroxylation sites is 1. The minimum Gasteiger partial charge on any atom is -0.492 e. The number of aromatic amines is 1. The highest BCUT2D eigenvalue weighted by Gasteiger charge is 2.02. The second-order valence-electron chi connectivity index (χ2n) is 2.77. The highest BCUT2D eigenvalue weighted by atomic mass is 16.3. The van der Waals surface area contributed by atoms with Crippen LogP contribution in [-0.4, -0.2) is 14.8 Å². The Morgan fingerprint density at radius 1 is 1.29 bits per heavy atom. The molecule has 0 unspecified atom stereocenters. The summed E-state index contributed by atoms with van der Waals surface area (Å²) in [6, 6.07) is 9.11. The molecule has 5 nitrogen and oxygen atoms in total. The average Bonchev–Trinajstić information content (AvgIpc) is 2.51. The standard InChI is InChI=1S/C9H9N3O2/c13-8-6-10-9(14)12(8)11-7-4-2-1-3-5-7/h1-6,11,13H,(H,10,14). The van der Waals surface area contributed by atoms with Crippen molar-refractivity contribution >= 4 is 5.69 Å². The maximum Gasteiger partial charge on any atom is 0.347 e. The van der Waals surface area contributed by atoms with Crippen LogP contribution in [0.3, 0.4) is 0 Å². The van der Waals surface area contributed by atoms with Crippen molar-refractivity contribution in [2.75, 3.05) is 5.43 Å². The first-order valence-electron chi connectivity index (χ1n) is 4.09. The van der Waals surface area contributed by atoms with Crippen LogP contribution in [0.25, 0.3) is 0 Å². The predicted octanol–water partition coefficient (Wildman–Crippen LogP) is 0.757. The van der Waals surface area contributed by atoms with Gasteiger partial charge in [0, 0.05) is 0 Å². The van der Waals surface area contributed by atoms with Crippen LogP contribution in [0.2, 0.25) is 0 Å². The molecule has 0 radical (unpaired) electrons. The maximum absolute atomic E-state index is 11.1. The third-order valence-electron chi connectivity index (χ3n) is 1.77. The number of benzene rings is 1. The summed E-state index contributed by atoms with van der Waals surface area (Å²) in [7, 11) is 0. The molecule has 0 saturated heterocycles. The van der Waals surface area contributed by atoms with Crippen LogP contribution in [0.1, 0.15) is 0 Å². The molecule has 2 aromatic rings. The van der Waals surface area contributed by atoms with Gasteiger partial charge < -0.3 is 10.1 Å². The van der Waals surface area contributed by atoms with Gasteiger partial charge in [0.25, 0.3) is 0 Å². The van der Waals surface area contributed by atoms with Gasteiger partial charge in [-0.05, 0) is 12.1 Å². The monoisotopic (exact) mass is 191 g/mol. The Hall–Kier alpha value is -2.17. The Morgan fingerprint density at radius 3 is 2.57 bits per heavy atom. The highest BCUT2D eigenvalue weighted by Crippen LogP contribution is 2.08. The molecule has 0 spiro atoms. The van der Waals surface area contributed by atoms with Gasteiger partial charge in [-0.3, -0.25) is 5.43 Å². The molecule has 1 heterocycles. The number of anilines is 1. The number of aromatic nitrogens is 2. The molecule has 5 heteroatoms. The van der Waals surface area contributed by atoms with Crippen molar-refractivity contribution < 1.29 is 5.11 Å².